The minimum atomic E-state index is -0.160. The summed E-state index contributed by atoms with van der Waals surface area (Å²) in [6.07, 6.45) is 1.58. The van der Waals surface area contributed by atoms with Gasteiger partial charge in [-0.1, -0.05) is 95.6 Å². The van der Waals surface area contributed by atoms with E-state index in [0.717, 1.165) is 5.84 Å². The van der Waals surface area contributed by atoms with Gasteiger partial charge in [0.2, 0.25) is 0 Å². The molecular formula is C6H5Br6N3. The van der Waals surface area contributed by atoms with Gasteiger partial charge in [0.15, 0.2) is 6.17 Å². The molecule has 1 heterocycles. The van der Waals surface area contributed by atoms with Gasteiger partial charge in [-0.25, -0.2) is 9.98 Å². The molecule has 0 fully saturated rings. The molecule has 86 valence electrons. The van der Waals surface area contributed by atoms with E-state index in [-0.39, 0.29) is 17.5 Å². The molecule has 0 aliphatic carbocycles. The smallest absolute Gasteiger partial charge is 0.165 e. The molecular weight excluding hydrogens is 594 g/mol. The Morgan fingerprint density at radius 3 is 2.13 bits per heavy atom. The van der Waals surface area contributed by atoms with Crippen LogP contribution in [0, 0.1) is 0 Å². The quantitative estimate of drug-likeness (QED) is 0.351. The van der Waals surface area contributed by atoms with Crippen LogP contribution in [0.1, 0.15) is 0 Å². The highest BCUT2D eigenvalue weighted by molar-refractivity contribution is 9.25. The van der Waals surface area contributed by atoms with Crippen molar-refractivity contribution in [2.24, 2.45) is 9.98 Å². The van der Waals surface area contributed by atoms with Crippen molar-refractivity contribution in [3.63, 3.8) is 0 Å². The fourth-order valence-electron chi connectivity index (χ4n) is 0.876. The highest BCUT2D eigenvalue weighted by atomic mass is 79.9. The molecule has 1 aliphatic heterocycles. The van der Waals surface area contributed by atoms with E-state index in [0.29, 0.717) is 0 Å². The van der Waals surface area contributed by atoms with E-state index in [1.807, 2.05) is 4.90 Å². The molecule has 1 unspecified atom stereocenters. The van der Waals surface area contributed by atoms with E-state index in [4.69, 9.17) is 0 Å². The average Bonchev–Trinajstić information content (AvgIpc) is 2.16. The predicted octanol–water partition coefficient (Wildman–Crippen LogP) is 4.36. The normalized spacial score (nSPS) is 21.8. The summed E-state index contributed by atoms with van der Waals surface area (Å²) >= 11 is 20.5. The zero-order valence-corrected chi connectivity index (χ0v) is 16.5. The van der Waals surface area contributed by atoms with E-state index in [1.165, 1.54) is 0 Å². The van der Waals surface area contributed by atoms with Crippen LogP contribution >= 0.6 is 95.6 Å². The van der Waals surface area contributed by atoms with Crippen LogP contribution in [0.25, 0.3) is 0 Å². The molecule has 0 aromatic rings. The largest absolute Gasteiger partial charge is 0.296 e. The zero-order chi connectivity index (χ0) is 11.6. The fraction of sp³-hybridized carbons (Fsp3) is 0.667. The highest BCUT2D eigenvalue weighted by Gasteiger charge is 2.27. The first-order valence-electron chi connectivity index (χ1n) is 3.67. The minimum Gasteiger partial charge on any atom is -0.296 e. The molecule has 1 atom stereocenters. The molecule has 0 amide bonds. The van der Waals surface area contributed by atoms with Crippen molar-refractivity contribution in [1.29, 1.82) is 0 Å². The van der Waals surface area contributed by atoms with Crippen molar-refractivity contribution in [3.8, 4) is 0 Å². The second-order valence-electron chi connectivity index (χ2n) is 2.49. The lowest BCUT2D eigenvalue weighted by atomic mass is 10.5. The van der Waals surface area contributed by atoms with Crippen LogP contribution < -0.4 is 0 Å². The van der Waals surface area contributed by atoms with Gasteiger partial charge in [0.05, 0.1) is 6.34 Å². The van der Waals surface area contributed by atoms with Crippen molar-refractivity contribution in [2.75, 3.05) is 0 Å². The molecule has 0 N–H and O–H groups in total. The van der Waals surface area contributed by atoms with Gasteiger partial charge in [0, 0.05) is 0 Å². The Balaban J connectivity index is 2.90. The first-order chi connectivity index (χ1) is 6.93. The standard InChI is InChI=1S/C6H5Br6N3/c7-2(8)4-13-1-15(6(11)12)5(14-4)3(9)10/h1-4,6H. The zero-order valence-electron chi connectivity index (χ0n) is 7.00. The third kappa shape index (κ3) is 4.31. The monoisotopic (exact) mass is 593 g/mol. The number of aliphatic imine (C=N–C) groups is 2. The summed E-state index contributed by atoms with van der Waals surface area (Å²) in [5, 5.41) is 0. The van der Waals surface area contributed by atoms with E-state index in [1.54, 1.807) is 6.34 Å². The van der Waals surface area contributed by atoms with Crippen molar-refractivity contribution >= 4 is 108 Å². The average molecular weight is 599 g/mol. The number of amidine groups is 1. The Morgan fingerprint density at radius 2 is 1.73 bits per heavy atom. The van der Waals surface area contributed by atoms with Crippen LogP contribution in [0.15, 0.2) is 9.98 Å². The summed E-state index contributed by atoms with van der Waals surface area (Å²) in [5.41, 5.74) is 0. The first-order valence-corrected chi connectivity index (χ1v) is 9.16. The minimum absolute atomic E-state index is 0.0180. The SMILES string of the molecule is BrC(Br)C1=NC(C(Br)Br)N=CN1C(Br)Br. The topological polar surface area (TPSA) is 28.0 Å². The van der Waals surface area contributed by atoms with Crippen molar-refractivity contribution < 1.29 is 0 Å². The van der Waals surface area contributed by atoms with Gasteiger partial charge in [-0.3, -0.25) is 4.90 Å². The van der Waals surface area contributed by atoms with Gasteiger partial charge in [0.25, 0.3) is 0 Å². The van der Waals surface area contributed by atoms with Crippen LogP contribution in [-0.2, 0) is 0 Å². The Morgan fingerprint density at radius 1 is 1.13 bits per heavy atom. The number of halogens is 6. The number of hydrogen-bond acceptors (Lipinski definition) is 3. The van der Waals surface area contributed by atoms with Crippen LogP contribution in [0.3, 0.4) is 0 Å². The van der Waals surface area contributed by atoms with Gasteiger partial charge in [-0.05, 0) is 0 Å². The van der Waals surface area contributed by atoms with Gasteiger partial charge in [-0.2, -0.15) is 0 Å². The first kappa shape index (κ1) is 15.1. The maximum Gasteiger partial charge on any atom is 0.165 e. The second kappa shape index (κ2) is 6.82. The lowest BCUT2D eigenvalue weighted by molar-refractivity contribution is 0.644. The maximum absolute atomic E-state index is 4.48. The van der Waals surface area contributed by atoms with Gasteiger partial charge >= 0.3 is 0 Å². The molecule has 0 bridgehead atoms. The predicted molar refractivity (Wildman–Crippen MR) is 86.5 cm³/mol. The van der Waals surface area contributed by atoms with Crippen molar-refractivity contribution in [2.45, 2.75) is 17.5 Å². The summed E-state index contributed by atoms with van der Waals surface area (Å²) in [4.78, 5) is 10.6. The molecule has 0 aromatic heterocycles. The molecule has 0 aromatic carbocycles. The molecule has 0 spiro atoms. The van der Waals surface area contributed by atoms with Crippen LogP contribution in [0.5, 0.6) is 0 Å². The maximum atomic E-state index is 4.48. The van der Waals surface area contributed by atoms with Crippen LogP contribution in [0.2, 0.25) is 0 Å². The highest BCUT2D eigenvalue weighted by Crippen LogP contribution is 2.27. The third-order valence-electron chi connectivity index (χ3n) is 1.50. The van der Waals surface area contributed by atoms with Gasteiger partial charge in [-0.15, -0.1) is 0 Å². The van der Waals surface area contributed by atoms with E-state index in [2.05, 4.69) is 106 Å². The van der Waals surface area contributed by atoms with Crippen molar-refractivity contribution in [1.82, 2.24) is 4.90 Å². The van der Waals surface area contributed by atoms with Crippen molar-refractivity contribution in [3.05, 3.63) is 0 Å². The molecule has 1 aliphatic rings. The summed E-state index contributed by atoms with van der Waals surface area (Å²) < 4.78 is -0.0213. The summed E-state index contributed by atoms with van der Waals surface area (Å²) in [6.45, 7) is 0. The number of alkyl halides is 6. The van der Waals surface area contributed by atoms with Gasteiger partial charge < -0.3 is 0 Å². The van der Waals surface area contributed by atoms with E-state index < -0.39 is 0 Å². The molecule has 0 saturated carbocycles. The Kier molecular flexibility index (Phi) is 6.86. The number of hydrogen-bond donors (Lipinski definition) is 0. The number of nitrogens with zero attached hydrogens (tertiary/aromatic N) is 3. The van der Waals surface area contributed by atoms with E-state index in [9.17, 15) is 0 Å². The van der Waals surface area contributed by atoms with Crippen LogP contribution in [0.4, 0.5) is 0 Å². The Bertz CT molecular complexity index is 276. The molecule has 9 heteroatoms. The summed E-state index contributed by atoms with van der Waals surface area (Å²) in [5.74, 6) is 0.845. The molecule has 0 radical (unpaired) electrons. The Labute approximate surface area is 138 Å². The lowest BCUT2D eigenvalue weighted by Gasteiger charge is -2.29. The summed E-state index contributed by atoms with van der Waals surface area (Å²) in [7, 11) is 0. The van der Waals surface area contributed by atoms with Gasteiger partial charge in [0.1, 0.15) is 17.2 Å². The molecule has 1 rings (SSSR count). The fourth-order valence-corrected chi connectivity index (χ4v) is 2.73. The second-order valence-corrected chi connectivity index (χ2v) is 11.7. The Hall–Kier alpha value is 2.02. The third-order valence-corrected chi connectivity index (χ3v) is 4.15. The number of rotatable bonds is 3. The van der Waals surface area contributed by atoms with E-state index >= 15 is 0 Å². The lowest BCUT2D eigenvalue weighted by Crippen LogP contribution is -2.41. The summed E-state index contributed by atoms with van der Waals surface area (Å²) in [6, 6.07) is 0. The molecule has 3 nitrogen and oxygen atoms in total. The molecule has 15 heavy (non-hydrogen) atoms. The molecule has 0 saturated heterocycles. The van der Waals surface area contributed by atoms with Crippen LogP contribution in [-0.4, -0.2) is 34.6 Å².